The van der Waals surface area contributed by atoms with Crippen LogP contribution < -0.4 is 10.6 Å². The number of ether oxygens (including phenoxy) is 2. The van der Waals surface area contributed by atoms with Crippen molar-refractivity contribution in [3.63, 3.8) is 0 Å². The summed E-state index contributed by atoms with van der Waals surface area (Å²) >= 11 is 0. The SMILES string of the molecule is O=C(CCCCc1ccccc1)NCCOCCNc1ncnc2c1ncn2[C@@H]1O[C@H](CO)[C@@H](O)[C@H]1O. The Bertz CT molecular complexity index is 1130. The van der Waals surface area contributed by atoms with Gasteiger partial charge in [-0.25, -0.2) is 15.0 Å². The summed E-state index contributed by atoms with van der Waals surface area (Å²) in [5, 5.41) is 35.7. The molecule has 0 spiro atoms. The molecule has 0 radical (unpaired) electrons. The minimum Gasteiger partial charge on any atom is -0.394 e. The molecule has 1 amide bonds. The third-order valence-electron chi connectivity index (χ3n) is 6.22. The molecule has 5 N–H and O–H groups in total. The summed E-state index contributed by atoms with van der Waals surface area (Å²) in [5.74, 6) is 0.519. The third-order valence-corrected chi connectivity index (χ3v) is 6.22. The number of fused-ring (bicyclic) bond motifs is 1. The summed E-state index contributed by atoms with van der Waals surface area (Å²) < 4.78 is 12.7. The number of nitrogens with one attached hydrogen (secondary N) is 2. The molecular weight excluding hydrogens is 480 g/mol. The summed E-state index contributed by atoms with van der Waals surface area (Å²) in [6, 6.07) is 10.3. The van der Waals surface area contributed by atoms with Gasteiger partial charge in [-0.3, -0.25) is 9.36 Å². The Labute approximate surface area is 214 Å². The number of aryl methyl sites for hydroxylation is 1. The van der Waals surface area contributed by atoms with E-state index in [0.29, 0.717) is 49.7 Å². The quantitative estimate of drug-likeness (QED) is 0.190. The highest BCUT2D eigenvalue weighted by atomic mass is 16.6. The van der Waals surface area contributed by atoms with Crippen molar-refractivity contribution < 1.29 is 29.6 Å². The first-order chi connectivity index (χ1) is 18.1. The largest absolute Gasteiger partial charge is 0.394 e. The molecule has 1 saturated heterocycles. The number of rotatable bonds is 14. The first-order valence-corrected chi connectivity index (χ1v) is 12.5. The summed E-state index contributed by atoms with van der Waals surface area (Å²) in [6.45, 7) is 1.29. The molecule has 3 aromatic rings. The molecule has 12 nitrogen and oxygen atoms in total. The zero-order valence-electron chi connectivity index (χ0n) is 20.6. The Morgan fingerprint density at radius 3 is 2.65 bits per heavy atom. The lowest BCUT2D eigenvalue weighted by atomic mass is 10.1. The van der Waals surface area contributed by atoms with E-state index < -0.39 is 31.1 Å². The van der Waals surface area contributed by atoms with Crippen molar-refractivity contribution >= 4 is 22.9 Å². The Hall–Kier alpha value is -3.16. The maximum Gasteiger partial charge on any atom is 0.220 e. The van der Waals surface area contributed by atoms with Gasteiger partial charge in [-0.15, -0.1) is 0 Å². The number of unbranched alkanes of at least 4 members (excludes halogenated alkanes) is 1. The highest BCUT2D eigenvalue weighted by Gasteiger charge is 2.44. The van der Waals surface area contributed by atoms with Crippen molar-refractivity contribution in [2.45, 2.75) is 50.2 Å². The van der Waals surface area contributed by atoms with Gasteiger partial charge >= 0.3 is 0 Å². The maximum absolute atomic E-state index is 12.0. The molecule has 200 valence electrons. The number of hydrogen-bond donors (Lipinski definition) is 5. The lowest BCUT2D eigenvalue weighted by Crippen LogP contribution is -2.33. The number of anilines is 1. The zero-order valence-corrected chi connectivity index (χ0v) is 20.6. The highest BCUT2D eigenvalue weighted by molar-refractivity contribution is 5.82. The van der Waals surface area contributed by atoms with Crippen LogP contribution in [0, 0.1) is 0 Å². The number of carbonyl (C=O) groups excluding carboxylic acids is 1. The first-order valence-electron chi connectivity index (χ1n) is 12.5. The predicted molar refractivity (Wildman–Crippen MR) is 135 cm³/mol. The standard InChI is InChI=1S/C25H34N6O6/c32-14-18-21(34)22(35)25(37-18)31-16-30-20-23(28-15-29-24(20)31)27-11-13-36-12-10-26-19(33)9-5-4-8-17-6-2-1-3-7-17/h1-3,6-7,15-16,18,21-22,25,32,34-35H,4-5,8-14H2,(H,26,33)(H,27,28,29)/t18-,21-,22-,25-/m1/s1. The van der Waals surface area contributed by atoms with Crippen LogP contribution in [0.3, 0.4) is 0 Å². The third kappa shape index (κ3) is 6.99. The molecule has 4 rings (SSSR count). The Balaban J connectivity index is 1.13. The average Bonchev–Trinajstić information content (AvgIpc) is 3.47. The van der Waals surface area contributed by atoms with Crippen LogP contribution >= 0.6 is 0 Å². The summed E-state index contributed by atoms with van der Waals surface area (Å²) in [5.41, 5.74) is 2.18. The number of benzene rings is 1. The van der Waals surface area contributed by atoms with Crippen LogP contribution in [0.1, 0.15) is 31.1 Å². The maximum atomic E-state index is 12.0. The average molecular weight is 515 g/mol. The van der Waals surface area contributed by atoms with Crippen LogP contribution in [-0.4, -0.2) is 92.0 Å². The van der Waals surface area contributed by atoms with Crippen LogP contribution in [-0.2, 0) is 20.7 Å². The van der Waals surface area contributed by atoms with E-state index in [4.69, 9.17) is 9.47 Å². The van der Waals surface area contributed by atoms with Gasteiger partial charge in [0.15, 0.2) is 23.2 Å². The van der Waals surface area contributed by atoms with Crippen molar-refractivity contribution in [2.24, 2.45) is 0 Å². The van der Waals surface area contributed by atoms with Gasteiger partial charge in [0.2, 0.25) is 5.91 Å². The fraction of sp³-hybridized carbons (Fsp3) is 0.520. The topological polar surface area (TPSA) is 164 Å². The predicted octanol–water partition coefficient (Wildman–Crippen LogP) is 0.396. The van der Waals surface area contributed by atoms with Crippen LogP contribution in [0.4, 0.5) is 5.82 Å². The van der Waals surface area contributed by atoms with Crippen molar-refractivity contribution in [1.82, 2.24) is 24.8 Å². The molecule has 1 aliphatic rings. The molecule has 2 aromatic heterocycles. The number of aliphatic hydroxyl groups excluding tert-OH is 3. The Kier molecular flexibility index (Phi) is 9.74. The second kappa shape index (κ2) is 13.4. The van der Waals surface area contributed by atoms with Crippen LogP contribution in [0.25, 0.3) is 11.2 Å². The van der Waals surface area contributed by atoms with Gasteiger partial charge in [-0.05, 0) is 24.8 Å². The second-order valence-corrected chi connectivity index (χ2v) is 8.86. The number of imidazole rings is 1. The number of aliphatic hydroxyl groups is 3. The van der Waals surface area contributed by atoms with Crippen molar-refractivity contribution in [2.75, 3.05) is 38.2 Å². The van der Waals surface area contributed by atoms with Crippen molar-refractivity contribution in [3.8, 4) is 0 Å². The molecule has 1 aromatic carbocycles. The number of aromatic nitrogens is 4. The fourth-order valence-corrected chi connectivity index (χ4v) is 4.23. The Morgan fingerprint density at radius 1 is 1.05 bits per heavy atom. The lowest BCUT2D eigenvalue weighted by molar-refractivity contribution is -0.121. The molecule has 3 heterocycles. The molecule has 0 unspecified atom stereocenters. The second-order valence-electron chi connectivity index (χ2n) is 8.86. The molecule has 4 atom stereocenters. The van der Waals surface area contributed by atoms with E-state index in [0.717, 1.165) is 19.3 Å². The molecule has 1 fully saturated rings. The van der Waals surface area contributed by atoms with Crippen LogP contribution in [0.15, 0.2) is 43.0 Å². The molecule has 0 aliphatic carbocycles. The van der Waals surface area contributed by atoms with Gasteiger partial charge in [0.1, 0.15) is 24.6 Å². The number of nitrogens with zero attached hydrogens (tertiary/aromatic N) is 4. The van der Waals surface area contributed by atoms with E-state index in [1.165, 1.54) is 22.8 Å². The molecule has 0 bridgehead atoms. The van der Waals surface area contributed by atoms with E-state index in [-0.39, 0.29) is 5.91 Å². The molecule has 0 saturated carbocycles. The molecular formula is C25H34N6O6. The molecule has 12 heteroatoms. The number of hydrogen-bond acceptors (Lipinski definition) is 10. The summed E-state index contributed by atoms with van der Waals surface area (Å²) in [6.07, 6.45) is 1.86. The molecule has 37 heavy (non-hydrogen) atoms. The van der Waals surface area contributed by atoms with Gasteiger partial charge in [0, 0.05) is 19.5 Å². The summed E-state index contributed by atoms with van der Waals surface area (Å²) in [4.78, 5) is 24.7. The van der Waals surface area contributed by atoms with E-state index in [1.54, 1.807) is 0 Å². The minimum atomic E-state index is -1.23. The van der Waals surface area contributed by atoms with E-state index >= 15 is 0 Å². The van der Waals surface area contributed by atoms with Gasteiger partial charge in [0.25, 0.3) is 0 Å². The van der Waals surface area contributed by atoms with Gasteiger partial charge in [-0.1, -0.05) is 30.3 Å². The number of carbonyl (C=O) groups is 1. The van der Waals surface area contributed by atoms with Crippen LogP contribution in [0.5, 0.6) is 0 Å². The monoisotopic (exact) mass is 514 g/mol. The number of amides is 1. The van der Waals surface area contributed by atoms with Crippen molar-refractivity contribution in [1.29, 1.82) is 0 Å². The smallest absolute Gasteiger partial charge is 0.220 e. The minimum absolute atomic E-state index is 0.0305. The van der Waals surface area contributed by atoms with E-state index in [1.807, 2.05) is 18.2 Å². The van der Waals surface area contributed by atoms with E-state index in [9.17, 15) is 20.1 Å². The van der Waals surface area contributed by atoms with E-state index in [2.05, 4.69) is 37.7 Å². The summed E-state index contributed by atoms with van der Waals surface area (Å²) in [7, 11) is 0. The highest BCUT2D eigenvalue weighted by Crippen LogP contribution is 2.32. The van der Waals surface area contributed by atoms with Gasteiger partial charge < -0.3 is 35.4 Å². The van der Waals surface area contributed by atoms with Gasteiger partial charge in [0.05, 0.1) is 26.1 Å². The van der Waals surface area contributed by atoms with Crippen molar-refractivity contribution in [3.05, 3.63) is 48.5 Å². The normalized spacial score (nSPS) is 21.4. The van der Waals surface area contributed by atoms with Gasteiger partial charge in [-0.2, -0.15) is 0 Å². The first kappa shape index (κ1) is 26.9. The Morgan fingerprint density at radius 2 is 1.86 bits per heavy atom. The zero-order chi connectivity index (χ0) is 26.0. The lowest BCUT2D eigenvalue weighted by Gasteiger charge is -2.16. The van der Waals surface area contributed by atoms with Crippen LogP contribution in [0.2, 0.25) is 0 Å². The molecule has 1 aliphatic heterocycles. The fourth-order valence-electron chi connectivity index (χ4n) is 4.23.